The number of aromatic nitrogens is 3. The first-order chi connectivity index (χ1) is 10.3. The molecule has 1 aromatic carbocycles. The van der Waals surface area contributed by atoms with Gasteiger partial charge >= 0.3 is 0 Å². The minimum atomic E-state index is -0.184. The van der Waals surface area contributed by atoms with Crippen LogP contribution in [0.2, 0.25) is 0 Å². The molecule has 4 rings (SSSR count). The Kier molecular flexibility index (Phi) is 2.74. The summed E-state index contributed by atoms with van der Waals surface area (Å²) in [4.78, 5) is 25.9. The third-order valence-electron chi connectivity index (χ3n) is 3.98. The van der Waals surface area contributed by atoms with Crippen molar-refractivity contribution in [3.05, 3.63) is 65.7 Å². The van der Waals surface area contributed by atoms with Crippen molar-refractivity contribution in [2.24, 2.45) is 0 Å². The van der Waals surface area contributed by atoms with Crippen LogP contribution in [0.15, 0.2) is 48.8 Å². The molecule has 2 heterocycles. The Morgan fingerprint density at radius 1 is 1.05 bits per heavy atom. The Morgan fingerprint density at radius 3 is 2.81 bits per heavy atom. The molecule has 0 N–H and O–H groups in total. The Hall–Kier alpha value is -2.62. The van der Waals surface area contributed by atoms with Crippen molar-refractivity contribution < 1.29 is 4.79 Å². The first-order valence-electron chi connectivity index (χ1n) is 7.03. The molecule has 102 valence electrons. The number of benzene rings is 1. The van der Waals surface area contributed by atoms with E-state index in [1.165, 1.54) is 5.56 Å². The highest BCUT2D eigenvalue weighted by molar-refractivity contribution is 6.00. The lowest BCUT2D eigenvalue weighted by Crippen LogP contribution is -2.13. The van der Waals surface area contributed by atoms with Gasteiger partial charge < -0.3 is 0 Å². The fourth-order valence-electron chi connectivity index (χ4n) is 2.92. The molecule has 0 amide bonds. The zero-order chi connectivity index (χ0) is 14.2. The number of hydrogen-bond donors (Lipinski definition) is 0. The highest BCUT2D eigenvalue weighted by Gasteiger charge is 2.31. The zero-order valence-electron chi connectivity index (χ0n) is 11.4. The molecular weight excluding hydrogens is 262 g/mol. The van der Waals surface area contributed by atoms with Crippen molar-refractivity contribution in [3.8, 4) is 0 Å². The van der Waals surface area contributed by atoms with Crippen LogP contribution in [0.25, 0.3) is 11.0 Å². The molecule has 0 fully saturated rings. The second kappa shape index (κ2) is 4.74. The zero-order valence-corrected chi connectivity index (χ0v) is 11.4. The van der Waals surface area contributed by atoms with E-state index in [1.807, 2.05) is 36.4 Å². The van der Waals surface area contributed by atoms with E-state index >= 15 is 0 Å². The number of aryl methyl sites for hydroxylation is 1. The number of nitrogens with zero attached hydrogens (tertiary/aromatic N) is 3. The van der Waals surface area contributed by atoms with E-state index in [4.69, 9.17) is 0 Å². The van der Waals surface area contributed by atoms with Gasteiger partial charge in [0, 0.05) is 6.20 Å². The molecule has 1 unspecified atom stereocenters. The van der Waals surface area contributed by atoms with Gasteiger partial charge in [-0.1, -0.05) is 18.2 Å². The number of fused-ring (bicyclic) bond motifs is 2. The molecule has 1 aliphatic carbocycles. The van der Waals surface area contributed by atoms with Crippen LogP contribution in [-0.4, -0.2) is 20.7 Å². The summed E-state index contributed by atoms with van der Waals surface area (Å²) >= 11 is 0. The highest BCUT2D eigenvalue weighted by Crippen LogP contribution is 2.33. The van der Waals surface area contributed by atoms with Crippen molar-refractivity contribution in [3.63, 3.8) is 0 Å². The van der Waals surface area contributed by atoms with E-state index in [-0.39, 0.29) is 11.7 Å². The fourth-order valence-corrected chi connectivity index (χ4v) is 2.92. The lowest BCUT2D eigenvalue weighted by molar-refractivity contribution is 0.0953. The average molecular weight is 275 g/mol. The van der Waals surface area contributed by atoms with Crippen LogP contribution in [0.3, 0.4) is 0 Å². The van der Waals surface area contributed by atoms with Gasteiger partial charge in [-0.05, 0) is 36.6 Å². The Labute approximate surface area is 121 Å². The first-order valence-corrected chi connectivity index (χ1v) is 7.03. The topological polar surface area (TPSA) is 55.7 Å². The maximum atomic E-state index is 12.7. The molecule has 0 aliphatic heterocycles. The first kappa shape index (κ1) is 12.1. The predicted octanol–water partition coefficient (Wildman–Crippen LogP) is 2.94. The van der Waals surface area contributed by atoms with Gasteiger partial charge in [-0.15, -0.1) is 0 Å². The lowest BCUT2D eigenvalue weighted by atomic mass is 9.99. The number of rotatable bonds is 2. The van der Waals surface area contributed by atoms with Crippen LogP contribution in [0, 0.1) is 0 Å². The van der Waals surface area contributed by atoms with Crippen molar-refractivity contribution >= 4 is 16.8 Å². The molecule has 0 bridgehead atoms. The number of Topliss-reactive ketones (excluding diaryl/α,β-unsaturated/α-hetero) is 1. The summed E-state index contributed by atoms with van der Waals surface area (Å²) in [6, 6.07) is 11.5. The van der Waals surface area contributed by atoms with Crippen LogP contribution >= 0.6 is 0 Å². The summed E-state index contributed by atoms with van der Waals surface area (Å²) in [5, 5.41) is 0. The van der Waals surface area contributed by atoms with Crippen molar-refractivity contribution in [2.75, 3.05) is 0 Å². The fraction of sp³-hybridized carbons (Fsp3) is 0.176. The van der Waals surface area contributed by atoms with E-state index in [1.54, 1.807) is 12.4 Å². The summed E-state index contributed by atoms with van der Waals surface area (Å²) in [6.07, 6.45) is 5.03. The number of hydrogen-bond acceptors (Lipinski definition) is 4. The van der Waals surface area contributed by atoms with E-state index in [9.17, 15) is 4.79 Å². The summed E-state index contributed by atoms with van der Waals surface area (Å²) in [5.74, 6) is -0.164. The SMILES string of the molecule is O=C(c1cnc2ccccc2n1)C1CCc2cccnc21. The smallest absolute Gasteiger partial charge is 0.191 e. The van der Waals surface area contributed by atoms with Gasteiger partial charge in [0.05, 0.1) is 28.8 Å². The molecule has 0 spiro atoms. The van der Waals surface area contributed by atoms with Crippen molar-refractivity contribution in [1.29, 1.82) is 0 Å². The summed E-state index contributed by atoms with van der Waals surface area (Å²) in [7, 11) is 0. The number of pyridine rings is 1. The van der Waals surface area contributed by atoms with Gasteiger partial charge in [0.15, 0.2) is 5.78 Å². The molecule has 3 aromatic rings. The molecule has 0 saturated heterocycles. The second-order valence-corrected chi connectivity index (χ2v) is 5.25. The Morgan fingerprint density at radius 2 is 1.90 bits per heavy atom. The molecule has 4 nitrogen and oxygen atoms in total. The van der Waals surface area contributed by atoms with Gasteiger partial charge in [0.25, 0.3) is 0 Å². The van der Waals surface area contributed by atoms with E-state index in [2.05, 4.69) is 15.0 Å². The molecule has 0 saturated carbocycles. The summed E-state index contributed by atoms with van der Waals surface area (Å²) < 4.78 is 0. The minimum absolute atomic E-state index is 0.0192. The highest BCUT2D eigenvalue weighted by atomic mass is 16.1. The van der Waals surface area contributed by atoms with Crippen LogP contribution in [0.1, 0.15) is 34.1 Å². The molecule has 1 aliphatic rings. The third kappa shape index (κ3) is 2.00. The van der Waals surface area contributed by atoms with Crippen LogP contribution < -0.4 is 0 Å². The summed E-state index contributed by atoms with van der Waals surface area (Å²) in [5.41, 5.74) is 4.06. The van der Waals surface area contributed by atoms with E-state index in [0.717, 1.165) is 29.6 Å². The number of carbonyl (C=O) groups excluding carboxylic acids is 1. The second-order valence-electron chi connectivity index (χ2n) is 5.25. The number of carbonyl (C=O) groups is 1. The largest absolute Gasteiger partial charge is 0.292 e. The average Bonchev–Trinajstić information content (AvgIpc) is 2.98. The van der Waals surface area contributed by atoms with Crippen molar-refractivity contribution in [1.82, 2.24) is 15.0 Å². The van der Waals surface area contributed by atoms with E-state index < -0.39 is 0 Å². The normalized spacial score (nSPS) is 16.9. The predicted molar refractivity (Wildman–Crippen MR) is 79.2 cm³/mol. The van der Waals surface area contributed by atoms with Crippen LogP contribution in [0.4, 0.5) is 0 Å². The van der Waals surface area contributed by atoms with Gasteiger partial charge in [0.2, 0.25) is 0 Å². The van der Waals surface area contributed by atoms with Gasteiger partial charge in [0.1, 0.15) is 5.69 Å². The molecule has 2 aromatic heterocycles. The maximum Gasteiger partial charge on any atom is 0.191 e. The summed E-state index contributed by atoms with van der Waals surface area (Å²) in [6.45, 7) is 0. The number of para-hydroxylation sites is 2. The Balaban J connectivity index is 1.74. The third-order valence-corrected chi connectivity index (χ3v) is 3.98. The molecule has 0 radical (unpaired) electrons. The molecular formula is C17H13N3O. The maximum absolute atomic E-state index is 12.7. The standard InChI is InChI=1S/C17H13N3O/c21-17(12-8-7-11-4-3-9-18-16(11)12)15-10-19-13-5-1-2-6-14(13)20-15/h1-6,9-10,12H,7-8H2. The molecule has 4 heteroatoms. The molecule has 1 atom stereocenters. The quantitative estimate of drug-likeness (QED) is 0.675. The van der Waals surface area contributed by atoms with Gasteiger partial charge in [-0.2, -0.15) is 0 Å². The van der Waals surface area contributed by atoms with Crippen LogP contribution in [0.5, 0.6) is 0 Å². The van der Waals surface area contributed by atoms with Gasteiger partial charge in [-0.3, -0.25) is 14.8 Å². The molecule has 21 heavy (non-hydrogen) atoms. The lowest BCUT2D eigenvalue weighted by Gasteiger charge is -2.09. The monoisotopic (exact) mass is 275 g/mol. The van der Waals surface area contributed by atoms with Crippen molar-refractivity contribution in [2.45, 2.75) is 18.8 Å². The number of ketones is 1. The van der Waals surface area contributed by atoms with E-state index in [0.29, 0.717) is 5.69 Å². The minimum Gasteiger partial charge on any atom is -0.292 e. The Bertz CT molecular complexity index is 844. The van der Waals surface area contributed by atoms with Gasteiger partial charge in [-0.25, -0.2) is 4.98 Å². The van der Waals surface area contributed by atoms with Crippen LogP contribution in [-0.2, 0) is 6.42 Å².